The Bertz CT molecular complexity index is 572. The lowest BCUT2D eigenvalue weighted by molar-refractivity contribution is -0.142. The van der Waals surface area contributed by atoms with Gasteiger partial charge in [-0.05, 0) is 42.5 Å². The minimum absolute atomic E-state index is 0.145. The Balaban J connectivity index is 1.97. The van der Waals surface area contributed by atoms with Gasteiger partial charge in [-0.1, -0.05) is 22.0 Å². The zero-order chi connectivity index (χ0) is 13.6. The molecular formula is C14H14BrNO3. The van der Waals surface area contributed by atoms with E-state index < -0.39 is 17.4 Å². The summed E-state index contributed by atoms with van der Waals surface area (Å²) in [7, 11) is 0. The van der Waals surface area contributed by atoms with Crippen LogP contribution < -0.4 is 5.32 Å². The van der Waals surface area contributed by atoms with Crippen molar-refractivity contribution in [3.63, 3.8) is 0 Å². The molecule has 4 nitrogen and oxygen atoms in total. The maximum absolute atomic E-state index is 11.6. The van der Waals surface area contributed by atoms with Crippen molar-refractivity contribution in [2.75, 3.05) is 0 Å². The van der Waals surface area contributed by atoms with Crippen molar-refractivity contribution in [2.24, 2.45) is 5.41 Å². The third-order valence-electron chi connectivity index (χ3n) is 4.28. The van der Waals surface area contributed by atoms with E-state index >= 15 is 0 Å². The fourth-order valence-electron chi connectivity index (χ4n) is 3.36. The van der Waals surface area contributed by atoms with Gasteiger partial charge >= 0.3 is 5.97 Å². The highest BCUT2D eigenvalue weighted by Gasteiger charge is 2.51. The molecule has 1 aliphatic heterocycles. The van der Waals surface area contributed by atoms with Gasteiger partial charge in [-0.3, -0.25) is 4.79 Å². The first-order valence-corrected chi connectivity index (χ1v) is 7.09. The second-order valence-electron chi connectivity index (χ2n) is 5.47. The molecule has 1 saturated heterocycles. The molecule has 2 N–H and O–H groups in total. The monoisotopic (exact) mass is 323 g/mol. The number of aliphatic carboxylic acids is 1. The zero-order valence-electron chi connectivity index (χ0n) is 10.3. The van der Waals surface area contributed by atoms with Crippen LogP contribution in [0.2, 0.25) is 0 Å². The van der Waals surface area contributed by atoms with E-state index in [-0.39, 0.29) is 5.91 Å². The van der Waals surface area contributed by atoms with Crippen molar-refractivity contribution >= 4 is 27.8 Å². The maximum atomic E-state index is 11.6. The van der Waals surface area contributed by atoms with Crippen LogP contribution in [0, 0.1) is 5.41 Å². The summed E-state index contributed by atoms with van der Waals surface area (Å²) in [5, 5.41) is 11.9. The topological polar surface area (TPSA) is 66.4 Å². The van der Waals surface area contributed by atoms with Gasteiger partial charge in [0, 0.05) is 16.3 Å². The predicted molar refractivity (Wildman–Crippen MR) is 72.8 cm³/mol. The Morgan fingerprint density at radius 3 is 2.89 bits per heavy atom. The van der Waals surface area contributed by atoms with Gasteiger partial charge in [0.15, 0.2) is 0 Å². The van der Waals surface area contributed by atoms with Gasteiger partial charge in [0.05, 0.1) is 0 Å². The largest absolute Gasteiger partial charge is 0.480 e. The molecule has 3 rings (SSSR count). The second kappa shape index (κ2) is 4.34. The van der Waals surface area contributed by atoms with E-state index in [1.807, 2.05) is 12.1 Å². The molecule has 0 saturated carbocycles. The number of amides is 1. The molecule has 1 aromatic carbocycles. The fourth-order valence-corrected chi connectivity index (χ4v) is 3.77. The van der Waals surface area contributed by atoms with Crippen molar-refractivity contribution in [1.29, 1.82) is 0 Å². The molecule has 1 aliphatic carbocycles. The normalized spacial score (nSPS) is 29.1. The SMILES string of the molecule is O=C1CC2(CCc3cc(Br)ccc3C2)C(C(=O)O)N1. The predicted octanol–water partition coefficient (Wildman–Crippen LogP) is 1.90. The van der Waals surface area contributed by atoms with E-state index in [9.17, 15) is 14.7 Å². The first-order chi connectivity index (χ1) is 9.00. The van der Waals surface area contributed by atoms with Crippen molar-refractivity contribution < 1.29 is 14.7 Å². The number of halogens is 1. The number of carbonyl (C=O) groups is 2. The van der Waals surface area contributed by atoms with Gasteiger partial charge < -0.3 is 10.4 Å². The first kappa shape index (κ1) is 12.7. The van der Waals surface area contributed by atoms with Crippen LogP contribution in [0.3, 0.4) is 0 Å². The highest BCUT2D eigenvalue weighted by atomic mass is 79.9. The number of carboxylic acids is 1. The van der Waals surface area contributed by atoms with Gasteiger partial charge in [0.2, 0.25) is 5.91 Å². The van der Waals surface area contributed by atoms with E-state index in [0.29, 0.717) is 12.8 Å². The Labute approximate surface area is 119 Å². The lowest BCUT2D eigenvalue weighted by Crippen LogP contribution is -2.46. The summed E-state index contributed by atoms with van der Waals surface area (Å²) < 4.78 is 1.04. The number of nitrogens with one attached hydrogen (secondary N) is 1. The molecule has 2 unspecified atom stereocenters. The molecule has 1 spiro atoms. The summed E-state index contributed by atoms with van der Waals surface area (Å²) in [4.78, 5) is 23.0. The molecule has 0 bridgehead atoms. The summed E-state index contributed by atoms with van der Waals surface area (Å²) in [6.07, 6.45) is 2.55. The third-order valence-corrected chi connectivity index (χ3v) is 4.77. The van der Waals surface area contributed by atoms with Gasteiger partial charge in [-0.25, -0.2) is 4.79 Å². The number of hydrogen-bond donors (Lipinski definition) is 2. The van der Waals surface area contributed by atoms with Crippen LogP contribution >= 0.6 is 15.9 Å². The smallest absolute Gasteiger partial charge is 0.326 e. The summed E-state index contributed by atoms with van der Waals surface area (Å²) in [5.41, 5.74) is 1.96. The number of carboxylic acid groups (broad SMARTS) is 1. The standard InChI is InChI=1S/C14H14BrNO3/c15-10-2-1-9-6-14(4-3-8(9)5-10)7-11(17)16-12(14)13(18)19/h1-2,5,12H,3-4,6-7H2,(H,16,17)(H,18,19). The van der Waals surface area contributed by atoms with Crippen LogP contribution in [0.1, 0.15) is 24.0 Å². The number of carbonyl (C=O) groups excluding carboxylic acids is 1. The van der Waals surface area contributed by atoms with E-state index in [0.717, 1.165) is 22.9 Å². The Hall–Kier alpha value is -1.36. The van der Waals surface area contributed by atoms with Crippen LogP contribution in [-0.4, -0.2) is 23.0 Å². The number of benzene rings is 1. The fraction of sp³-hybridized carbons (Fsp3) is 0.429. The molecular weight excluding hydrogens is 310 g/mol. The van der Waals surface area contributed by atoms with E-state index in [4.69, 9.17) is 0 Å². The van der Waals surface area contributed by atoms with Crippen LogP contribution in [0.4, 0.5) is 0 Å². The lowest BCUT2D eigenvalue weighted by Gasteiger charge is -2.36. The Kier molecular flexibility index (Phi) is 2.89. The van der Waals surface area contributed by atoms with Crippen LogP contribution in [0.25, 0.3) is 0 Å². The van der Waals surface area contributed by atoms with Crippen molar-refractivity contribution in [2.45, 2.75) is 31.7 Å². The molecule has 1 amide bonds. The summed E-state index contributed by atoms with van der Waals surface area (Å²) in [6.45, 7) is 0. The van der Waals surface area contributed by atoms with Gasteiger partial charge in [-0.15, -0.1) is 0 Å². The summed E-state index contributed by atoms with van der Waals surface area (Å²) in [5.74, 6) is -1.07. The van der Waals surface area contributed by atoms with E-state index in [1.165, 1.54) is 5.56 Å². The second-order valence-corrected chi connectivity index (χ2v) is 6.38. The number of aryl methyl sites for hydroxylation is 1. The molecule has 5 heteroatoms. The lowest BCUT2D eigenvalue weighted by atomic mass is 9.67. The average molecular weight is 324 g/mol. The maximum Gasteiger partial charge on any atom is 0.326 e. The molecule has 2 aliphatic rings. The summed E-state index contributed by atoms with van der Waals surface area (Å²) in [6, 6.07) is 5.33. The van der Waals surface area contributed by atoms with Gasteiger partial charge in [0.1, 0.15) is 6.04 Å². The van der Waals surface area contributed by atoms with Crippen molar-refractivity contribution in [3.8, 4) is 0 Å². The highest BCUT2D eigenvalue weighted by molar-refractivity contribution is 9.10. The quantitative estimate of drug-likeness (QED) is 0.829. The van der Waals surface area contributed by atoms with E-state index in [1.54, 1.807) is 0 Å². The summed E-state index contributed by atoms with van der Waals surface area (Å²) >= 11 is 3.45. The van der Waals surface area contributed by atoms with Crippen LogP contribution in [0.5, 0.6) is 0 Å². The Morgan fingerprint density at radius 1 is 1.37 bits per heavy atom. The van der Waals surface area contributed by atoms with Crippen molar-refractivity contribution in [3.05, 3.63) is 33.8 Å². The van der Waals surface area contributed by atoms with Crippen LogP contribution in [0.15, 0.2) is 22.7 Å². The van der Waals surface area contributed by atoms with Gasteiger partial charge in [-0.2, -0.15) is 0 Å². The molecule has 1 fully saturated rings. The molecule has 0 aromatic heterocycles. The average Bonchev–Trinajstić information content (AvgIpc) is 2.67. The van der Waals surface area contributed by atoms with Gasteiger partial charge in [0.25, 0.3) is 0 Å². The third kappa shape index (κ3) is 2.06. The molecule has 19 heavy (non-hydrogen) atoms. The van der Waals surface area contributed by atoms with E-state index in [2.05, 4.69) is 27.3 Å². The van der Waals surface area contributed by atoms with Crippen molar-refractivity contribution in [1.82, 2.24) is 5.32 Å². The van der Waals surface area contributed by atoms with Crippen LogP contribution in [-0.2, 0) is 22.4 Å². The Morgan fingerprint density at radius 2 is 2.16 bits per heavy atom. The number of rotatable bonds is 1. The number of fused-ring (bicyclic) bond motifs is 1. The molecule has 1 heterocycles. The first-order valence-electron chi connectivity index (χ1n) is 6.30. The zero-order valence-corrected chi connectivity index (χ0v) is 11.9. The molecule has 0 radical (unpaired) electrons. The minimum atomic E-state index is -0.925. The highest BCUT2D eigenvalue weighted by Crippen LogP contribution is 2.44. The number of hydrogen-bond acceptors (Lipinski definition) is 2. The molecule has 2 atom stereocenters. The molecule has 100 valence electrons. The molecule has 1 aromatic rings. The minimum Gasteiger partial charge on any atom is -0.480 e.